The number of aliphatic hydroxyl groups is 1. The Morgan fingerprint density at radius 1 is 1.19 bits per heavy atom. The van der Waals surface area contributed by atoms with E-state index in [4.69, 9.17) is 11.6 Å². The van der Waals surface area contributed by atoms with E-state index < -0.39 is 5.72 Å². The smallest absolute Gasteiger partial charge is 0.165 e. The summed E-state index contributed by atoms with van der Waals surface area (Å²) in [7, 11) is 0. The lowest BCUT2D eigenvalue weighted by atomic mass is 9.99. The second kappa shape index (κ2) is 7.70. The highest BCUT2D eigenvalue weighted by Gasteiger charge is 2.31. The molecule has 0 aliphatic carbocycles. The van der Waals surface area contributed by atoms with Gasteiger partial charge >= 0.3 is 0 Å². The van der Waals surface area contributed by atoms with Gasteiger partial charge in [-0.2, -0.15) is 0 Å². The third-order valence-electron chi connectivity index (χ3n) is 4.58. The zero-order valence-corrected chi connectivity index (χ0v) is 16.7. The standard InChI is InChI=1S/C19H25ClN6O/c1-12(2)19(27,25-15-7-5-6-14(20)8-15)9-21-17-16-18(23-10-22-17)26(11-24-16)13(3)4/h5-8,10-13,25,27H,9H2,1-4H3,(H,21,22,23)/t19-/m1/s1. The Morgan fingerprint density at radius 3 is 2.63 bits per heavy atom. The monoisotopic (exact) mass is 388 g/mol. The Kier molecular flexibility index (Phi) is 5.53. The molecule has 0 fully saturated rings. The maximum atomic E-state index is 11.2. The van der Waals surface area contributed by atoms with Crippen molar-refractivity contribution in [3.63, 3.8) is 0 Å². The van der Waals surface area contributed by atoms with Gasteiger partial charge in [-0.15, -0.1) is 0 Å². The largest absolute Gasteiger partial charge is 0.369 e. The summed E-state index contributed by atoms with van der Waals surface area (Å²) in [5.74, 6) is 0.515. The number of benzene rings is 1. The topological polar surface area (TPSA) is 87.9 Å². The van der Waals surface area contributed by atoms with Crippen molar-refractivity contribution in [2.45, 2.75) is 39.5 Å². The lowest BCUT2D eigenvalue weighted by Gasteiger charge is -2.34. The summed E-state index contributed by atoms with van der Waals surface area (Å²) in [4.78, 5) is 13.1. The summed E-state index contributed by atoms with van der Waals surface area (Å²) in [6.07, 6.45) is 3.26. The van der Waals surface area contributed by atoms with Crippen LogP contribution in [0.2, 0.25) is 5.02 Å². The Labute approximate surface area is 163 Å². The molecule has 0 saturated heterocycles. The first kappa shape index (κ1) is 19.4. The zero-order chi connectivity index (χ0) is 19.6. The fourth-order valence-electron chi connectivity index (χ4n) is 2.79. The lowest BCUT2D eigenvalue weighted by Crippen LogP contribution is -2.49. The molecule has 2 aromatic heterocycles. The summed E-state index contributed by atoms with van der Waals surface area (Å²) < 4.78 is 1.99. The van der Waals surface area contributed by atoms with E-state index in [-0.39, 0.29) is 18.5 Å². The summed E-state index contributed by atoms with van der Waals surface area (Å²) in [6.45, 7) is 8.27. The molecule has 0 aliphatic heterocycles. The Bertz CT molecular complexity index is 925. The van der Waals surface area contributed by atoms with E-state index in [1.165, 1.54) is 6.33 Å². The maximum Gasteiger partial charge on any atom is 0.165 e. The van der Waals surface area contributed by atoms with Crippen molar-refractivity contribution in [1.82, 2.24) is 19.5 Å². The molecule has 1 atom stereocenters. The average Bonchev–Trinajstić information content (AvgIpc) is 3.04. The van der Waals surface area contributed by atoms with Crippen LogP contribution in [0.25, 0.3) is 11.2 Å². The van der Waals surface area contributed by atoms with Crippen LogP contribution in [0.4, 0.5) is 11.5 Å². The van der Waals surface area contributed by atoms with Crippen LogP contribution in [0.5, 0.6) is 0 Å². The van der Waals surface area contributed by atoms with Crippen LogP contribution in [-0.2, 0) is 0 Å². The van der Waals surface area contributed by atoms with Crippen LogP contribution >= 0.6 is 11.6 Å². The van der Waals surface area contributed by atoms with Crippen LogP contribution < -0.4 is 10.6 Å². The zero-order valence-electron chi connectivity index (χ0n) is 15.9. The number of nitrogens with one attached hydrogen (secondary N) is 2. The third kappa shape index (κ3) is 4.14. The van der Waals surface area contributed by atoms with Gasteiger partial charge in [0.05, 0.1) is 12.9 Å². The van der Waals surface area contributed by atoms with Crippen LogP contribution in [0.15, 0.2) is 36.9 Å². The van der Waals surface area contributed by atoms with Crippen molar-refractivity contribution < 1.29 is 5.11 Å². The molecule has 0 bridgehead atoms. The molecule has 1 aromatic carbocycles. The highest BCUT2D eigenvalue weighted by atomic mass is 35.5. The minimum absolute atomic E-state index is 0.0745. The van der Waals surface area contributed by atoms with Crippen LogP contribution in [0.3, 0.4) is 0 Å². The molecule has 3 rings (SSSR count). The van der Waals surface area contributed by atoms with Gasteiger partial charge in [0, 0.05) is 22.7 Å². The number of rotatable bonds is 7. The second-order valence-electron chi connectivity index (χ2n) is 7.21. The van der Waals surface area contributed by atoms with Gasteiger partial charge in [0.15, 0.2) is 17.2 Å². The minimum atomic E-state index is -1.21. The highest BCUT2D eigenvalue weighted by molar-refractivity contribution is 6.30. The third-order valence-corrected chi connectivity index (χ3v) is 4.82. The van der Waals surface area contributed by atoms with Crippen molar-refractivity contribution in [3.8, 4) is 0 Å². The maximum absolute atomic E-state index is 11.2. The summed E-state index contributed by atoms with van der Waals surface area (Å²) in [5.41, 5.74) is 0.985. The Balaban J connectivity index is 1.83. The number of anilines is 2. The molecular weight excluding hydrogens is 364 g/mol. The summed E-state index contributed by atoms with van der Waals surface area (Å²) >= 11 is 6.05. The van der Waals surface area contributed by atoms with E-state index >= 15 is 0 Å². The first-order valence-electron chi connectivity index (χ1n) is 8.97. The van der Waals surface area contributed by atoms with Gasteiger partial charge in [0.25, 0.3) is 0 Å². The minimum Gasteiger partial charge on any atom is -0.369 e. The van der Waals surface area contributed by atoms with Crippen molar-refractivity contribution in [2.24, 2.45) is 5.92 Å². The van der Waals surface area contributed by atoms with Gasteiger partial charge < -0.3 is 20.3 Å². The molecule has 0 unspecified atom stereocenters. The van der Waals surface area contributed by atoms with E-state index in [0.717, 1.165) is 11.3 Å². The number of nitrogens with zero attached hydrogens (tertiary/aromatic N) is 4. The molecule has 7 nitrogen and oxygen atoms in total. The normalized spacial score (nSPS) is 13.9. The molecular formula is C19H25ClN6O. The van der Waals surface area contributed by atoms with Crippen LogP contribution in [0, 0.1) is 5.92 Å². The Hall–Kier alpha value is -2.38. The van der Waals surface area contributed by atoms with Crippen molar-refractivity contribution in [3.05, 3.63) is 41.9 Å². The molecule has 0 radical (unpaired) electrons. The van der Waals surface area contributed by atoms with Crippen molar-refractivity contribution >= 4 is 34.3 Å². The number of hydrogen-bond donors (Lipinski definition) is 3. The van der Waals surface area contributed by atoms with Crippen LogP contribution in [0.1, 0.15) is 33.7 Å². The van der Waals surface area contributed by atoms with E-state index in [1.807, 2.05) is 30.5 Å². The SMILES string of the molecule is CC(C)n1cnc2c(NC[C@](O)(Nc3cccc(Cl)c3)C(C)C)ncnc21. The fourth-order valence-corrected chi connectivity index (χ4v) is 2.98. The molecule has 3 aromatic rings. The lowest BCUT2D eigenvalue weighted by molar-refractivity contribution is 0.0360. The summed E-state index contributed by atoms with van der Waals surface area (Å²) in [5, 5.41) is 18.2. The summed E-state index contributed by atoms with van der Waals surface area (Å²) in [6, 6.07) is 7.52. The van der Waals surface area contributed by atoms with Crippen molar-refractivity contribution in [1.29, 1.82) is 0 Å². The molecule has 3 N–H and O–H groups in total. The predicted octanol–water partition coefficient (Wildman–Crippen LogP) is 3.93. The number of aromatic nitrogens is 4. The number of imidazole rings is 1. The molecule has 27 heavy (non-hydrogen) atoms. The number of hydrogen-bond acceptors (Lipinski definition) is 6. The van der Waals surface area contributed by atoms with E-state index in [1.54, 1.807) is 18.5 Å². The molecule has 0 amide bonds. The highest BCUT2D eigenvalue weighted by Crippen LogP contribution is 2.25. The van der Waals surface area contributed by atoms with Gasteiger partial charge in [0.2, 0.25) is 0 Å². The van der Waals surface area contributed by atoms with Crippen LogP contribution in [-0.4, -0.2) is 36.9 Å². The molecule has 0 saturated carbocycles. The number of halogens is 1. The van der Waals surface area contributed by atoms with E-state index in [9.17, 15) is 5.11 Å². The molecule has 2 heterocycles. The van der Waals surface area contributed by atoms with E-state index in [2.05, 4.69) is 39.4 Å². The molecule has 144 valence electrons. The second-order valence-corrected chi connectivity index (χ2v) is 7.64. The molecule has 8 heteroatoms. The fraction of sp³-hybridized carbons (Fsp3) is 0.421. The average molecular weight is 389 g/mol. The quantitative estimate of drug-likeness (QED) is 0.531. The van der Waals surface area contributed by atoms with Gasteiger partial charge in [-0.1, -0.05) is 31.5 Å². The van der Waals surface area contributed by atoms with Gasteiger partial charge in [-0.3, -0.25) is 0 Å². The first-order chi connectivity index (χ1) is 12.8. The number of fused-ring (bicyclic) bond motifs is 1. The van der Waals surface area contributed by atoms with E-state index in [0.29, 0.717) is 16.4 Å². The van der Waals surface area contributed by atoms with Gasteiger partial charge in [-0.25, -0.2) is 15.0 Å². The molecule has 0 spiro atoms. The Morgan fingerprint density at radius 2 is 1.96 bits per heavy atom. The van der Waals surface area contributed by atoms with Gasteiger partial charge in [-0.05, 0) is 32.0 Å². The first-order valence-corrected chi connectivity index (χ1v) is 9.35. The van der Waals surface area contributed by atoms with Gasteiger partial charge in [0.1, 0.15) is 11.8 Å². The van der Waals surface area contributed by atoms with Crippen molar-refractivity contribution in [2.75, 3.05) is 17.2 Å². The predicted molar refractivity (Wildman–Crippen MR) is 109 cm³/mol. The molecule has 0 aliphatic rings.